The Hall–Kier alpha value is -2.93. The number of halogens is 1. The van der Waals surface area contributed by atoms with E-state index in [2.05, 4.69) is 0 Å². The molecule has 0 aliphatic carbocycles. The number of nitrogens with two attached hydrogens (primary N) is 1. The molecule has 0 aromatic heterocycles. The first-order chi connectivity index (χ1) is 13.4. The van der Waals surface area contributed by atoms with E-state index in [-0.39, 0.29) is 37.9 Å². The predicted octanol–water partition coefficient (Wildman–Crippen LogP) is 2.30. The molecule has 2 aromatic carbocycles. The van der Waals surface area contributed by atoms with E-state index < -0.39 is 11.5 Å². The second-order valence-electron chi connectivity index (χ2n) is 6.96. The van der Waals surface area contributed by atoms with Crippen LogP contribution in [0, 0.1) is 12.7 Å². The molecule has 6 nitrogen and oxygen atoms in total. The molecule has 148 valence electrons. The van der Waals surface area contributed by atoms with Crippen LogP contribution in [0.5, 0.6) is 5.75 Å². The number of ether oxygens (including phenoxy) is 2. The van der Waals surface area contributed by atoms with Crippen molar-refractivity contribution in [2.45, 2.75) is 18.9 Å². The first-order valence-electron chi connectivity index (χ1n) is 9.04. The molecule has 0 spiro atoms. The molecule has 1 heterocycles. The topological polar surface area (TPSA) is 81.9 Å². The number of hydrogen-bond acceptors (Lipinski definition) is 4. The van der Waals surface area contributed by atoms with Crippen molar-refractivity contribution >= 4 is 11.8 Å². The lowest BCUT2D eigenvalue weighted by Crippen LogP contribution is -2.58. The predicted molar refractivity (Wildman–Crippen MR) is 101 cm³/mol. The van der Waals surface area contributed by atoms with E-state index in [0.29, 0.717) is 17.9 Å². The van der Waals surface area contributed by atoms with Crippen LogP contribution in [0.4, 0.5) is 4.39 Å². The van der Waals surface area contributed by atoms with Crippen molar-refractivity contribution in [2.75, 3.05) is 26.3 Å². The molecule has 0 unspecified atom stereocenters. The van der Waals surface area contributed by atoms with E-state index in [0.717, 1.165) is 5.56 Å². The highest BCUT2D eigenvalue weighted by Gasteiger charge is 2.41. The van der Waals surface area contributed by atoms with Gasteiger partial charge < -0.3 is 20.1 Å². The Morgan fingerprint density at radius 3 is 2.61 bits per heavy atom. The highest BCUT2D eigenvalue weighted by molar-refractivity contribution is 5.95. The van der Waals surface area contributed by atoms with Gasteiger partial charge in [-0.2, -0.15) is 0 Å². The van der Waals surface area contributed by atoms with Crippen molar-refractivity contribution in [1.82, 2.24) is 4.90 Å². The maximum absolute atomic E-state index is 13.1. The number of morpholine rings is 1. The molecule has 3 rings (SSSR count). The van der Waals surface area contributed by atoms with E-state index in [1.54, 1.807) is 11.0 Å². The summed E-state index contributed by atoms with van der Waals surface area (Å²) in [7, 11) is 0. The Labute approximate surface area is 163 Å². The summed E-state index contributed by atoms with van der Waals surface area (Å²) >= 11 is 0. The number of rotatable bonds is 6. The van der Waals surface area contributed by atoms with Crippen LogP contribution in [0.2, 0.25) is 0 Å². The van der Waals surface area contributed by atoms with Crippen LogP contribution in [-0.4, -0.2) is 48.6 Å². The summed E-state index contributed by atoms with van der Waals surface area (Å²) in [5, 5.41) is 0. The molecule has 1 saturated heterocycles. The average molecular weight is 386 g/mol. The van der Waals surface area contributed by atoms with Gasteiger partial charge in [-0.05, 0) is 42.8 Å². The number of benzene rings is 2. The van der Waals surface area contributed by atoms with Gasteiger partial charge in [-0.1, -0.05) is 18.2 Å². The number of amides is 2. The van der Waals surface area contributed by atoms with Gasteiger partial charge in [-0.3, -0.25) is 9.59 Å². The number of carbonyl (C=O) groups excluding carboxylic acids is 2. The zero-order valence-corrected chi connectivity index (χ0v) is 15.7. The number of carbonyl (C=O) groups is 2. The fourth-order valence-corrected chi connectivity index (χ4v) is 3.31. The Kier molecular flexibility index (Phi) is 5.94. The zero-order valence-electron chi connectivity index (χ0n) is 15.7. The normalized spacial score (nSPS) is 19.3. The smallest absolute Gasteiger partial charge is 0.254 e. The van der Waals surface area contributed by atoms with Crippen LogP contribution in [0.3, 0.4) is 0 Å². The molecule has 7 heteroatoms. The maximum atomic E-state index is 13.1. The van der Waals surface area contributed by atoms with Crippen LogP contribution in [-0.2, 0) is 9.53 Å². The van der Waals surface area contributed by atoms with Gasteiger partial charge in [-0.15, -0.1) is 0 Å². The Balaban J connectivity index is 1.77. The number of aryl methyl sites for hydroxylation is 1. The lowest BCUT2D eigenvalue weighted by molar-refractivity contribution is -0.142. The third kappa shape index (κ3) is 4.67. The van der Waals surface area contributed by atoms with Crippen LogP contribution in [0.1, 0.15) is 22.3 Å². The lowest BCUT2D eigenvalue weighted by Gasteiger charge is -2.42. The van der Waals surface area contributed by atoms with Crippen molar-refractivity contribution < 1.29 is 23.5 Å². The van der Waals surface area contributed by atoms with E-state index in [9.17, 15) is 14.0 Å². The summed E-state index contributed by atoms with van der Waals surface area (Å²) in [4.78, 5) is 26.3. The summed E-state index contributed by atoms with van der Waals surface area (Å²) in [6, 6.07) is 12.9. The minimum Gasteiger partial charge on any atom is -0.490 e. The molecule has 1 aliphatic heterocycles. The first kappa shape index (κ1) is 19.8. The average Bonchev–Trinajstić information content (AvgIpc) is 2.67. The summed E-state index contributed by atoms with van der Waals surface area (Å²) < 4.78 is 24.7. The summed E-state index contributed by atoms with van der Waals surface area (Å²) in [5.74, 6) is -0.607. The van der Waals surface area contributed by atoms with Crippen molar-refractivity contribution in [3.8, 4) is 5.75 Å². The number of primary amides is 1. The molecule has 1 fully saturated rings. The van der Waals surface area contributed by atoms with Crippen molar-refractivity contribution in [1.29, 1.82) is 0 Å². The molecular weight excluding hydrogens is 363 g/mol. The highest BCUT2D eigenvalue weighted by Crippen LogP contribution is 2.26. The Bertz CT molecular complexity index is 856. The minimum atomic E-state index is -1.06. The zero-order chi connectivity index (χ0) is 20.1. The molecule has 2 N–H and O–H groups in total. The Morgan fingerprint density at radius 1 is 1.21 bits per heavy atom. The standard InChI is InChI=1S/C21H23FN2O4/c1-15-4-2-3-5-18(15)20(26)24-10-11-28-21(13-24,12-19(23)25)14-27-17-8-6-16(22)7-9-17/h2-9H,10-14H2,1H3,(H2,23,25)/t21-/m1/s1. The number of nitrogens with zero attached hydrogens (tertiary/aromatic N) is 1. The van der Waals surface area contributed by atoms with Gasteiger partial charge >= 0.3 is 0 Å². The fourth-order valence-electron chi connectivity index (χ4n) is 3.31. The summed E-state index contributed by atoms with van der Waals surface area (Å²) in [6.45, 7) is 2.73. The van der Waals surface area contributed by atoms with Gasteiger partial charge in [-0.25, -0.2) is 4.39 Å². The monoisotopic (exact) mass is 386 g/mol. The molecular formula is C21H23FN2O4. The number of hydrogen-bond donors (Lipinski definition) is 1. The van der Waals surface area contributed by atoms with Gasteiger partial charge in [0.25, 0.3) is 5.91 Å². The SMILES string of the molecule is Cc1ccccc1C(=O)N1CCO[C@](COc2ccc(F)cc2)(CC(N)=O)C1. The van der Waals surface area contributed by atoms with E-state index in [1.807, 2.05) is 25.1 Å². The van der Waals surface area contributed by atoms with Crippen molar-refractivity contribution in [3.05, 3.63) is 65.5 Å². The van der Waals surface area contributed by atoms with Gasteiger partial charge in [0.2, 0.25) is 5.91 Å². The third-order valence-electron chi connectivity index (χ3n) is 4.72. The maximum Gasteiger partial charge on any atom is 0.254 e. The quantitative estimate of drug-likeness (QED) is 0.826. The van der Waals surface area contributed by atoms with Crippen LogP contribution in [0.15, 0.2) is 48.5 Å². The van der Waals surface area contributed by atoms with Crippen LogP contribution < -0.4 is 10.5 Å². The molecule has 1 aliphatic rings. The Morgan fingerprint density at radius 2 is 1.93 bits per heavy atom. The summed E-state index contributed by atoms with van der Waals surface area (Å²) in [6.07, 6.45) is -0.0915. The van der Waals surface area contributed by atoms with Crippen LogP contribution >= 0.6 is 0 Å². The van der Waals surface area contributed by atoms with E-state index in [1.165, 1.54) is 24.3 Å². The largest absolute Gasteiger partial charge is 0.490 e. The molecule has 2 amide bonds. The first-order valence-corrected chi connectivity index (χ1v) is 9.04. The molecule has 0 bridgehead atoms. The fraction of sp³-hybridized carbons (Fsp3) is 0.333. The second-order valence-corrected chi connectivity index (χ2v) is 6.96. The lowest BCUT2D eigenvalue weighted by atomic mass is 9.96. The van der Waals surface area contributed by atoms with E-state index >= 15 is 0 Å². The minimum absolute atomic E-state index is 0.0130. The van der Waals surface area contributed by atoms with Gasteiger partial charge in [0.15, 0.2) is 0 Å². The van der Waals surface area contributed by atoms with Gasteiger partial charge in [0, 0.05) is 12.1 Å². The molecule has 2 aromatic rings. The third-order valence-corrected chi connectivity index (χ3v) is 4.72. The molecule has 28 heavy (non-hydrogen) atoms. The molecule has 0 radical (unpaired) electrons. The molecule has 1 atom stereocenters. The van der Waals surface area contributed by atoms with E-state index in [4.69, 9.17) is 15.2 Å². The van der Waals surface area contributed by atoms with Gasteiger partial charge in [0.1, 0.15) is 23.8 Å². The van der Waals surface area contributed by atoms with Crippen LogP contribution in [0.25, 0.3) is 0 Å². The van der Waals surface area contributed by atoms with Gasteiger partial charge in [0.05, 0.1) is 19.6 Å². The van der Waals surface area contributed by atoms with Crippen molar-refractivity contribution in [3.63, 3.8) is 0 Å². The highest BCUT2D eigenvalue weighted by atomic mass is 19.1. The molecule has 0 saturated carbocycles. The second kappa shape index (κ2) is 8.39. The van der Waals surface area contributed by atoms with Crippen molar-refractivity contribution in [2.24, 2.45) is 5.73 Å². The summed E-state index contributed by atoms with van der Waals surface area (Å²) in [5.41, 5.74) is 5.85.